The molecule has 1 unspecified atom stereocenters. The van der Waals surface area contributed by atoms with E-state index >= 15 is 0 Å². The third-order valence-corrected chi connectivity index (χ3v) is 3.52. The first-order valence-corrected chi connectivity index (χ1v) is 7.53. The van der Waals surface area contributed by atoms with Crippen molar-refractivity contribution < 1.29 is 18.7 Å². The minimum absolute atomic E-state index is 0.0702. The second-order valence-corrected chi connectivity index (χ2v) is 5.65. The molecular formula is C17H21FN2O3. The van der Waals surface area contributed by atoms with Gasteiger partial charge in [0.2, 0.25) is 0 Å². The lowest BCUT2D eigenvalue weighted by Gasteiger charge is -2.15. The number of aliphatic hydroxyl groups excluding tert-OH is 1. The molecule has 0 aliphatic rings. The maximum atomic E-state index is 13.8. The number of aliphatic hydroxyl groups is 1. The standard InChI is InChI=1S/C17H21FN2O3/c1-11(2)15(21)7-8-19-17(22)20-14-10-12(5-6-13(14)18)16-4-3-9-23-16/h3-6,9-11,15,21H,7-8H2,1-2H3,(H2,19,20,22). The Morgan fingerprint density at radius 3 is 2.78 bits per heavy atom. The summed E-state index contributed by atoms with van der Waals surface area (Å²) in [5.74, 6) is 0.188. The van der Waals surface area contributed by atoms with Crippen LogP contribution in [0.15, 0.2) is 41.0 Å². The highest BCUT2D eigenvalue weighted by Gasteiger charge is 2.12. The topological polar surface area (TPSA) is 74.5 Å². The monoisotopic (exact) mass is 320 g/mol. The number of hydrogen-bond acceptors (Lipinski definition) is 3. The van der Waals surface area contributed by atoms with Crippen molar-refractivity contribution in [1.29, 1.82) is 0 Å². The zero-order valence-corrected chi connectivity index (χ0v) is 13.2. The molecule has 0 fully saturated rings. The number of urea groups is 1. The molecule has 124 valence electrons. The van der Waals surface area contributed by atoms with E-state index in [0.29, 0.717) is 24.3 Å². The summed E-state index contributed by atoms with van der Waals surface area (Å²) in [5.41, 5.74) is 0.739. The molecule has 1 aromatic carbocycles. The fourth-order valence-electron chi connectivity index (χ4n) is 2.05. The summed E-state index contributed by atoms with van der Waals surface area (Å²) in [6.07, 6.45) is 1.49. The molecule has 2 aromatic rings. The highest BCUT2D eigenvalue weighted by molar-refractivity contribution is 5.90. The van der Waals surface area contributed by atoms with E-state index in [1.54, 1.807) is 18.2 Å². The Morgan fingerprint density at radius 1 is 1.35 bits per heavy atom. The van der Waals surface area contributed by atoms with Crippen molar-refractivity contribution in [2.45, 2.75) is 26.4 Å². The highest BCUT2D eigenvalue weighted by atomic mass is 19.1. The van der Waals surface area contributed by atoms with Gasteiger partial charge in [-0.1, -0.05) is 13.8 Å². The Labute approximate surface area is 134 Å². The molecule has 3 N–H and O–H groups in total. The normalized spacial score (nSPS) is 12.2. The number of nitrogens with one attached hydrogen (secondary N) is 2. The predicted molar refractivity (Wildman–Crippen MR) is 86.6 cm³/mol. The minimum Gasteiger partial charge on any atom is -0.464 e. The summed E-state index contributed by atoms with van der Waals surface area (Å²) in [4.78, 5) is 11.8. The lowest BCUT2D eigenvalue weighted by atomic mass is 10.0. The number of halogens is 1. The summed E-state index contributed by atoms with van der Waals surface area (Å²) in [7, 11) is 0. The smallest absolute Gasteiger partial charge is 0.319 e. The Bertz CT molecular complexity index is 641. The quantitative estimate of drug-likeness (QED) is 0.761. The van der Waals surface area contributed by atoms with Gasteiger partial charge in [0.1, 0.15) is 11.6 Å². The molecular weight excluding hydrogens is 299 g/mol. The first-order valence-electron chi connectivity index (χ1n) is 7.53. The van der Waals surface area contributed by atoms with Crippen LogP contribution in [0.25, 0.3) is 11.3 Å². The number of amides is 2. The van der Waals surface area contributed by atoms with Crippen LogP contribution in [0.1, 0.15) is 20.3 Å². The second-order valence-electron chi connectivity index (χ2n) is 5.65. The minimum atomic E-state index is -0.530. The molecule has 0 spiro atoms. The van der Waals surface area contributed by atoms with Gasteiger partial charge in [0, 0.05) is 12.1 Å². The van der Waals surface area contributed by atoms with Crippen molar-refractivity contribution in [3.8, 4) is 11.3 Å². The van der Waals surface area contributed by atoms with Gasteiger partial charge in [0.15, 0.2) is 0 Å². The van der Waals surface area contributed by atoms with Crippen LogP contribution in [0.5, 0.6) is 0 Å². The van der Waals surface area contributed by atoms with E-state index in [-0.39, 0.29) is 11.6 Å². The summed E-state index contributed by atoms with van der Waals surface area (Å²) in [5, 5.41) is 14.7. The molecule has 0 radical (unpaired) electrons. The third-order valence-electron chi connectivity index (χ3n) is 3.52. The maximum absolute atomic E-state index is 13.8. The van der Waals surface area contributed by atoms with Crippen molar-refractivity contribution in [3.05, 3.63) is 42.4 Å². The molecule has 2 rings (SSSR count). The van der Waals surface area contributed by atoms with Gasteiger partial charge in [-0.15, -0.1) is 0 Å². The number of anilines is 1. The highest BCUT2D eigenvalue weighted by Crippen LogP contribution is 2.25. The summed E-state index contributed by atoms with van der Waals surface area (Å²) in [6.45, 7) is 4.12. The van der Waals surface area contributed by atoms with Gasteiger partial charge in [-0.05, 0) is 42.7 Å². The third kappa shape index (κ3) is 4.82. The van der Waals surface area contributed by atoms with Crippen LogP contribution in [0.3, 0.4) is 0 Å². The Kier molecular flexibility index (Phi) is 5.76. The average molecular weight is 320 g/mol. The number of rotatable bonds is 6. The van der Waals surface area contributed by atoms with Gasteiger partial charge >= 0.3 is 6.03 Å². The van der Waals surface area contributed by atoms with Gasteiger partial charge in [-0.3, -0.25) is 0 Å². The lowest BCUT2D eigenvalue weighted by molar-refractivity contribution is 0.117. The van der Waals surface area contributed by atoms with Crippen LogP contribution in [-0.4, -0.2) is 23.8 Å². The van der Waals surface area contributed by atoms with Gasteiger partial charge < -0.3 is 20.2 Å². The van der Waals surface area contributed by atoms with Crippen LogP contribution in [0.2, 0.25) is 0 Å². The van der Waals surface area contributed by atoms with E-state index in [1.165, 1.54) is 18.4 Å². The lowest BCUT2D eigenvalue weighted by Crippen LogP contribution is -2.32. The zero-order chi connectivity index (χ0) is 16.8. The number of furan rings is 1. The van der Waals surface area contributed by atoms with Gasteiger partial charge in [-0.2, -0.15) is 0 Å². The van der Waals surface area contributed by atoms with Crippen molar-refractivity contribution in [2.24, 2.45) is 5.92 Å². The average Bonchev–Trinajstić information content (AvgIpc) is 3.03. The van der Waals surface area contributed by atoms with Crippen LogP contribution < -0.4 is 10.6 Å². The molecule has 1 atom stereocenters. The predicted octanol–water partition coefficient (Wildman–Crippen LogP) is 3.61. The number of carbonyl (C=O) groups is 1. The second kappa shape index (κ2) is 7.78. The van der Waals surface area contributed by atoms with Crippen LogP contribution in [-0.2, 0) is 0 Å². The summed E-state index contributed by atoms with van der Waals surface area (Å²) < 4.78 is 19.1. The molecule has 6 heteroatoms. The van der Waals surface area contributed by atoms with E-state index in [4.69, 9.17) is 4.42 Å². The van der Waals surface area contributed by atoms with Crippen LogP contribution in [0.4, 0.5) is 14.9 Å². The largest absolute Gasteiger partial charge is 0.464 e. The van der Waals surface area contributed by atoms with Crippen molar-refractivity contribution >= 4 is 11.7 Å². The molecule has 0 saturated heterocycles. The molecule has 5 nitrogen and oxygen atoms in total. The van der Waals surface area contributed by atoms with Crippen molar-refractivity contribution in [2.75, 3.05) is 11.9 Å². The maximum Gasteiger partial charge on any atom is 0.319 e. The zero-order valence-electron chi connectivity index (χ0n) is 13.2. The molecule has 1 heterocycles. The van der Waals surface area contributed by atoms with E-state index in [9.17, 15) is 14.3 Å². The first kappa shape index (κ1) is 17.0. The van der Waals surface area contributed by atoms with E-state index < -0.39 is 18.0 Å². The van der Waals surface area contributed by atoms with Crippen molar-refractivity contribution in [1.82, 2.24) is 5.32 Å². The number of hydrogen-bond donors (Lipinski definition) is 3. The fourth-order valence-corrected chi connectivity index (χ4v) is 2.05. The Hall–Kier alpha value is -2.34. The van der Waals surface area contributed by atoms with Crippen LogP contribution >= 0.6 is 0 Å². The van der Waals surface area contributed by atoms with E-state index in [1.807, 2.05) is 13.8 Å². The number of carbonyl (C=O) groups excluding carboxylic acids is 1. The molecule has 0 aliphatic heterocycles. The molecule has 0 aliphatic carbocycles. The molecule has 0 saturated carbocycles. The fraction of sp³-hybridized carbons (Fsp3) is 0.353. The molecule has 23 heavy (non-hydrogen) atoms. The molecule has 0 bridgehead atoms. The van der Waals surface area contributed by atoms with Gasteiger partial charge in [0.25, 0.3) is 0 Å². The van der Waals surface area contributed by atoms with Crippen molar-refractivity contribution in [3.63, 3.8) is 0 Å². The van der Waals surface area contributed by atoms with E-state index in [2.05, 4.69) is 10.6 Å². The summed E-state index contributed by atoms with van der Waals surface area (Å²) in [6, 6.07) is 7.34. The molecule has 2 amide bonds. The van der Waals surface area contributed by atoms with E-state index in [0.717, 1.165) is 0 Å². The van der Waals surface area contributed by atoms with Crippen LogP contribution in [0, 0.1) is 11.7 Å². The SMILES string of the molecule is CC(C)C(O)CCNC(=O)Nc1cc(-c2ccco2)ccc1F. The molecule has 1 aromatic heterocycles. The summed E-state index contributed by atoms with van der Waals surface area (Å²) >= 11 is 0. The van der Waals surface area contributed by atoms with Gasteiger partial charge in [0.05, 0.1) is 18.1 Å². The Balaban J connectivity index is 1.94. The number of benzene rings is 1. The first-order chi connectivity index (χ1) is 11.0. The van der Waals surface area contributed by atoms with Gasteiger partial charge in [-0.25, -0.2) is 9.18 Å². The Morgan fingerprint density at radius 2 is 2.13 bits per heavy atom.